The van der Waals surface area contributed by atoms with E-state index in [-0.39, 0.29) is 30.3 Å². The Kier molecular flexibility index (Phi) is 9.44. The van der Waals surface area contributed by atoms with E-state index < -0.39 is 6.04 Å². The second kappa shape index (κ2) is 14.3. The van der Waals surface area contributed by atoms with E-state index in [2.05, 4.69) is 39.4 Å². The lowest BCUT2D eigenvalue weighted by Gasteiger charge is -2.35. The number of carbonyl (C=O) groups is 3. The van der Waals surface area contributed by atoms with Crippen LogP contribution in [0.25, 0.3) is 0 Å². The molecule has 12 nitrogen and oxygen atoms in total. The Morgan fingerprint density at radius 1 is 0.868 bits per heavy atom. The number of hydrogen-bond donors (Lipinski definition) is 2. The molecule has 5 aromatic rings. The van der Waals surface area contributed by atoms with Gasteiger partial charge in [-0.25, -0.2) is 9.78 Å². The molecule has 0 saturated heterocycles. The number of likely N-dealkylation sites (N-methyl/N-ethyl adjacent to an activating group) is 1. The third-order valence-electron chi connectivity index (χ3n) is 9.45. The van der Waals surface area contributed by atoms with E-state index in [1.165, 1.54) is 4.90 Å². The number of nitrogens with zero attached hydrogens (tertiary/aromatic N) is 7. The highest BCUT2D eigenvalue weighted by Gasteiger charge is 2.33. The highest BCUT2D eigenvalue weighted by molar-refractivity contribution is 6.21. The molecule has 12 heteroatoms. The second-order valence-electron chi connectivity index (χ2n) is 13.9. The van der Waals surface area contributed by atoms with Gasteiger partial charge in [-0.15, -0.1) is 0 Å². The molecule has 1 unspecified atom stereocenters. The van der Waals surface area contributed by atoms with Gasteiger partial charge < -0.3 is 15.5 Å². The number of amides is 4. The van der Waals surface area contributed by atoms with E-state index in [4.69, 9.17) is 4.99 Å². The van der Waals surface area contributed by atoms with E-state index in [1.54, 1.807) is 60.6 Å². The van der Waals surface area contributed by atoms with Gasteiger partial charge in [0.15, 0.2) is 0 Å². The lowest BCUT2D eigenvalue weighted by molar-refractivity contribution is -0.119. The molecule has 1 atom stereocenters. The molecule has 53 heavy (non-hydrogen) atoms. The first-order valence-electron chi connectivity index (χ1n) is 17.5. The van der Waals surface area contributed by atoms with Crippen molar-refractivity contribution in [2.45, 2.75) is 46.7 Å². The Hall–Kier alpha value is -6.43. The summed E-state index contributed by atoms with van der Waals surface area (Å²) in [5, 5.41) is 6.16. The zero-order chi connectivity index (χ0) is 37.4. The van der Waals surface area contributed by atoms with E-state index in [1.807, 2.05) is 68.4 Å². The Balaban J connectivity index is 1.14. The van der Waals surface area contributed by atoms with Crippen molar-refractivity contribution in [1.29, 1.82) is 0 Å². The summed E-state index contributed by atoms with van der Waals surface area (Å²) in [5.41, 5.74) is 7.81. The number of anilines is 6. The van der Waals surface area contributed by atoms with E-state index >= 15 is 0 Å². The van der Waals surface area contributed by atoms with Crippen LogP contribution in [0.4, 0.5) is 39.3 Å². The van der Waals surface area contributed by atoms with Crippen molar-refractivity contribution in [3.05, 3.63) is 125 Å². The van der Waals surface area contributed by atoms with Crippen molar-refractivity contribution >= 4 is 58.1 Å². The number of urea groups is 1. The minimum Gasteiger partial charge on any atom is -0.323 e. The first kappa shape index (κ1) is 35.0. The predicted molar refractivity (Wildman–Crippen MR) is 209 cm³/mol. The summed E-state index contributed by atoms with van der Waals surface area (Å²) < 4.78 is 0. The summed E-state index contributed by atoms with van der Waals surface area (Å²) >= 11 is 0. The Morgan fingerprint density at radius 2 is 1.64 bits per heavy atom. The molecular formula is C41H41N9O3. The smallest absolute Gasteiger partial charge is 0.323 e. The standard InChI is InChI=1S/C41H41N9O3/c1-24(2)18-33-39(52)48(5)35-19-28(14-17-32(35)36(46-33)27-10-8-7-9-11-27)38(51)44-30-15-12-25(3)34(20-30)50-23-29-21-43-40(47-37(29)49(6)41(50)53)45-31-16-13-26(4)42-22-31/h7-17,19-22,24,33H,18,23H2,1-6H3,(H,44,51)(H,43,45,47). The average Bonchev–Trinajstić information content (AvgIpc) is 3.25. The molecule has 0 aliphatic carbocycles. The second-order valence-corrected chi connectivity index (χ2v) is 13.9. The van der Waals surface area contributed by atoms with Crippen LogP contribution in [0.1, 0.15) is 58.6 Å². The molecule has 2 aliphatic heterocycles. The number of aromatic nitrogens is 3. The molecule has 2 aliphatic rings. The van der Waals surface area contributed by atoms with Crippen LogP contribution in [0, 0.1) is 19.8 Å². The molecule has 2 aromatic heterocycles. The van der Waals surface area contributed by atoms with Gasteiger partial charge in [-0.2, -0.15) is 4.98 Å². The topological polar surface area (TPSA) is 136 Å². The normalized spacial score (nSPS) is 15.5. The number of nitrogens with one attached hydrogen (secondary N) is 2. The van der Waals surface area contributed by atoms with Crippen molar-refractivity contribution < 1.29 is 14.4 Å². The van der Waals surface area contributed by atoms with Gasteiger partial charge in [0.05, 0.1) is 35.5 Å². The van der Waals surface area contributed by atoms with Crippen LogP contribution in [0.5, 0.6) is 0 Å². The van der Waals surface area contributed by atoms with Crippen molar-refractivity contribution in [3.63, 3.8) is 0 Å². The number of fused-ring (bicyclic) bond motifs is 2. The minimum absolute atomic E-state index is 0.120. The molecule has 0 fully saturated rings. The maximum absolute atomic E-state index is 13.8. The number of carbonyl (C=O) groups excluding carboxylic acids is 3. The first-order chi connectivity index (χ1) is 25.5. The third kappa shape index (κ3) is 7.08. The highest BCUT2D eigenvalue weighted by Crippen LogP contribution is 2.34. The number of benzodiazepines with no additional fused rings is 1. The van der Waals surface area contributed by atoms with Crippen LogP contribution in [-0.2, 0) is 11.3 Å². The quantitative estimate of drug-likeness (QED) is 0.173. The van der Waals surface area contributed by atoms with Crippen LogP contribution >= 0.6 is 0 Å². The van der Waals surface area contributed by atoms with Crippen molar-refractivity contribution in [2.75, 3.05) is 39.4 Å². The maximum Gasteiger partial charge on any atom is 0.330 e. The number of aliphatic imine (C=N–C) groups is 1. The number of pyridine rings is 1. The zero-order valence-electron chi connectivity index (χ0n) is 30.6. The fraction of sp³-hybridized carbons (Fsp3) is 0.244. The highest BCUT2D eigenvalue weighted by atomic mass is 16.2. The molecule has 0 radical (unpaired) electrons. The lowest BCUT2D eigenvalue weighted by atomic mass is 9.98. The number of aryl methyl sites for hydroxylation is 2. The Bertz CT molecular complexity index is 2250. The van der Waals surface area contributed by atoms with Gasteiger partial charge in [-0.1, -0.05) is 50.2 Å². The molecule has 4 amide bonds. The molecule has 3 aromatic carbocycles. The van der Waals surface area contributed by atoms with E-state index in [0.717, 1.165) is 39.3 Å². The summed E-state index contributed by atoms with van der Waals surface area (Å²) in [6.07, 6.45) is 4.02. The summed E-state index contributed by atoms with van der Waals surface area (Å²) in [7, 11) is 3.41. The Labute approximate surface area is 308 Å². The molecule has 0 saturated carbocycles. The van der Waals surface area contributed by atoms with Crippen molar-refractivity contribution in [3.8, 4) is 0 Å². The summed E-state index contributed by atoms with van der Waals surface area (Å²) in [6.45, 7) is 8.23. The molecule has 0 bridgehead atoms. The molecule has 268 valence electrons. The van der Waals surface area contributed by atoms with Gasteiger partial charge in [0.2, 0.25) is 5.95 Å². The van der Waals surface area contributed by atoms with Gasteiger partial charge in [-0.3, -0.25) is 29.4 Å². The fourth-order valence-electron chi connectivity index (χ4n) is 6.61. The number of hydrogen-bond acceptors (Lipinski definition) is 8. The molecule has 0 spiro atoms. The largest absolute Gasteiger partial charge is 0.330 e. The molecular weight excluding hydrogens is 667 g/mol. The van der Waals surface area contributed by atoms with Crippen LogP contribution in [0.2, 0.25) is 0 Å². The SMILES string of the molecule is Cc1ccc(Nc2ncc3c(n2)N(C)C(=O)N(c2cc(NC(=O)c4ccc5c(c4)N(C)C(=O)C(CC(C)C)N=C5c4ccccc4)ccc2C)C3)cn1. The Morgan fingerprint density at radius 3 is 2.38 bits per heavy atom. The fourth-order valence-corrected chi connectivity index (χ4v) is 6.61. The van der Waals surface area contributed by atoms with Gasteiger partial charge in [0.25, 0.3) is 11.8 Å². The third-order valence-corrected chi connectivity index (χ3v) is 9.45. The van der Waals surface area contributed by atoms with Crippen LogP contribution in [0.15, 0.2) is 96.2 Å². The summed E-state index contributed by atoms with van der Waals surface area (Å²) in [5.74, 6) is 0.658. The lowest BCUT2D eigenvalue weighted by Crippen LogP contribution is -2.46. The van der Waals surface area contributed by atoms with Gasteiger partial charge >= 0.3 is 6.03 Å². The summed E-state index contributed by atoms with van der Waals surface area (Å²) in [4.78, 5) is 64.4. The first-order valence-corrected chi connectivity index (χ1v) is 17.5. The number of rotatable bonds is 8. The zero-order valence-corrected chi connectivity index (χ0v) is 30.6. The van der Waals surface area contributed by atoms with Crippen LogP contribution in [-0.4, -0.2) is 58.6 Å². The minimum atomic E-state index is -0.545. The van der Waals surface area contributed by atoms with Crippen molar-refractivity contribution in [2.24, 2.45) is 10.9 Å². The van der Waals surface area contributed by atoms with Gasteiger partial charge in [-0.05, 0) is 74.2 Å². The predicted octanol–water partition coefficient (Wildman–Crippen LogP) is 7.29. The average molecular weight is 708 g/mol. The van der Waals surface area contributed by atoms with Gasteiger partial charge in [0.1, 0.15) is 11.9 Å². The molecule has 7 rings (SSSR count). The van der Waals surface area contributed by atoms with E-state index in [0.29, 0.717) is 40.8 Å². The maximum atomic E-state index is 13.8. The van der Waals surface area contributed by atoms with Crippen molar-refractivity contribution in [1.82, 2.24) is 15.0 Å². The monoisotopic (exact) mass is 707 g/mol. The molecule has 2 N–H and O–H groups in total. The number of benzene rings is 3. The van der Waals surface area contributed by atoms with Crippen LogP contribution < -0.4 is 25.3 Å². The summed E-state index contributed by atoms with van der Waals surface area (Å²) in [6, 6.07) is 23.6. The van der Waals surface area contributed by atoms with Crippen LogP contribution in [0.3, 0.4) is 0 Å². The van der Waals surface area contributed by atoms with Gasteiger partial charge in [0, 0.05) is 53.9 Å². The van der Waals surface area contributed by atoms with E-state index in [9.17, 15) is 14.4 Å². The molecule has 4 heterocycles.